The molecule has 9 nitrogen and oxygen atoms in total. The summed E-state index contributed by atoms with van der Waals surface area (Å²) in [6.45, 7) is 8.36. The number of carbonyl (C=O) groups excluding carboxylic acids is 1. The van der Waals surface area contributed by atoms with E-state index in [2.05, 4.69) is 46.5 Å². The smallest absolute Gasteiger partial charge is 0.252 e. The molecule has 5 rings (SSSR count). The Labute approximate surface area is 187 Å². The molecule has 1 amide bonds. The zero-order chi connectivity index (χ0) is 21.8. The summed E-state index contributed by atoms with van der Waals surface area (Å²) in [6.07, 6.45) is 5.51. The Balaban J connectivity index is 1.22. The van der Waals surface area contributed by atoms with Gasteiger partial charge in [-0.3, -0.25) is 9.69 Å². The number of nitrogens with one attached hydrogen (secondary N) is 1. The van der Waals surface area contributed by atoms with Crippen molar-refractivity contribution in [1.29, 1.82) is 0 Å². The quantitative estimate of drug-likeness (QED) is 0.622. The molecular weight excluding hydrogens is 406 g/mol. The van der Waals surface area contributed by atoms with E-state index in [1.807, 2.05) is 24.4 Å². The van der Waals surface area contributed by atoms with Crippen molar-refractivity contribution in [3.05, 3.63) is 54.5 Å². The third-order valence-electron chi connectivity index (χ3n) is 6.15. The van der Waals surface area contributed by atoms with Gasteiger partial charge in [0.1, 0.15) is 5.82 Å². The van der Waals surface area contributed by atoms with E-state index in [-0.39, 0.29) is 5.91 Å². The Kier molecular flexibility index (Phi) is 6.17. The molecule has 3 aromatic heterocycles. The van der Waals surface area contributed by atoms with Crippen molar-refractivity contribution in [3.8, 4) is 0 Å². The molecule has 1 N–H and O–H groups in total. The van der Waals surface area contributed by atoms with Gasteiger partial charge in [0.2, 0.25) is 5.95 Å². The minimum Gasteiger partial charge on any atom is -0.379 e. The predicted molar refractivity (Wildman–Crippen MR) is 123 cm³/mol. The number of pyridine rings is 1. The molecule has 9 heteroatoms. The van der Waals surface area contributed by atoms with Crippen molar-refractivity contribution in [2.45, 2.75) is 0 Å². The summed E-state index contributed by atoms with van der Waals surface area (Å²) in [4.78, 5) is 28.3. The average Bonchev–Trinajstić information content (AvgIpc) is 3.28. The highest BCUT2D eigenvalue weighted by Gasteiger charge is 2.21. The van der Waals surface area contributed by atoms with Crippen LogP contribution in [0.5, 0.6) is 0 Å². The molecule has 0 bridgehead atoms. The van der Waals surface area contributed by atoms with Gasteiger partial charge in [-0.15, -0.1) is 0 Å². The van der Waals surface area contributed by atoms with Crippen LogP contribution >= 0.6 is 0 Å². The molecule has 0 aliphatic carbocycles. The molecule has 0 spiro atoms. The van der Waals surface area contributed by atoms with Gasteiger partial charge in [0.05, 0.1) is 18.8 Å². The van der Waals surface area contributed by atoms with E-state index in [4.69, 9.17) is 4.74 Å². The van der Waals surface area contributed by atoms with Crippen molar-refractivity contribution in [1.82, 2.24) is 24.6 Å². The number of aromatic nitrogens is 3. The summed E-state index contributed by atoms with van der Waals surface area (Å²) in [5.41, 5.74) is 1.76. The van der Waals surface area contributed by atoms with Crippen LogP contribution in [-0.2, 0) is 4.74 Å². The SMILES string of the molecule is O=C(NCCN1CCOCC1)c1ccc2ccc(N3CCN(c4ncccn4)CC3)n2c1. The second-order valence-corrected chi connectivity index (χ2v) is 8.14. The summed E-state index contributed by atoms with van der Waals surface area (Å²) in [5.74, 6) is 1.85. The van der Waals surface area contributed by atoms with Crippen LogP contribution in [-0.4, -0.2) is 90.7 Å². The molecule has 0 radical (unpaired) electrons. The summed E-state index contributed by atoms with van der Waals surface area (Å²) >= 11 is 0. The van der Waals surface area contributed by atoms with Crippen molar-refractivity contribution in [2.24, 2.45) is 0 Å². The van der Waals surface area contributed by atoms with Gasteiger partial charge in [0.25, 0.3) is 5.91 Å². The first-order valence-corrected chi connectivity index (χ1v) is 11.2. The Morgan fingerprint density at radius 1 is 0.938 bits per heavy atom. The van der Waals surface area contributed by atoms with E-state index < -0.39 is 0 Å². The number of hydrogen-bond acceptors (Lipinski definition) is 7. The molecule has 2 aliphatic rings. The fourth-order valence-electron chi connectivity index (χ4n) is 4.32. The monoisotopic (exact) mass is 435 g/mol. The van der Waals surface area contributed by atoms with Crippen LogP contribution in [0.25, 0.3) is 5.52 Å². The van der Waals surface area contributed by atoms with Gasteiger partial charge in [0, 0.05) is 76.5 Å². The lowest BCUT2D eigenvalue weighted by atomic mass is 10.2. The third kappa shape index (κ3) is 4.53. The number of morpholine rings is 1. The number of piperazine rings is 1. The van der Waals surface area contributed by atoms with Crippen LogP contribution in [0.3, 0.4) is 0 Å². The maximum absolute atomic E-state index is 12.7. The fraction of sp³-hybridized carbons (Fsp3) is 0.435. The summed E-state index contributed by atoms with van der Waals surface area (Å²) in [7, 11) is 0. The molecule has 2 aliphatic heterocycles. The van der Waals surface area contributed by atoms with Crippen LogP contribution < -0.4 is 15.1 Å². The van der Waals surface area contributed by atoms with Crippen molar-refractivity contribution >= 4 is 23.2 Å². The molecule has 2 fully saturated rings. The van der Waals surface area contributed by atoms with Crippen LogP contribution in [0.4, 0.5) is 11.8 Å². The zero-order valence-electron chi connectivity index (χ0n) is 18.2. The largest absolute Gasteiger partial charge is 0.379 e. The van der Waals surface area contributed by atoms with Crippen LogP contribution in [0.2, 0.25) is 0 Å². The molecule has 0 atom stereocenters. The molecule has 168 valence electrons. The van der Waals surface area contributed by atoms with Crippen molar-refractivity contribution in [2.75, 3.05) is 75.4 Å². The Hall–Kier alpha value is -3.17. The van der Waals surface area contributed by atoms with Gasteiger partial charge in [-0.2, -0.15) is 0 Å². The Morgan fingerprint density at radius 2 is 1.66 bits per heavy atom. The second kappa shape index (κ2) is 9.54. The first-order chi connectivity index (χ1) is 15.8. The van der Waals surface area contributed by atoms with E-state index in [1.54, 1.807) is 12.4 Å². The molecule has 0 saturated carbocycles. The maximum atomic E-state index is 12.7. The van der Waals surface area contributed by atoms with Gasteiger partial charge >= 0.3 is 0 Å². The molecule has 0 unspecified atom stereocenters. The lowest BCUT2D eigenvalue weighted by Crippen LogP contribution is -2.47. The van der Waals surface area contributed by atoms with E-state index >= 15 is 0 Å². The highest BCUT2D eigenvalue weighted by molar-refractivity contribution is 5.94. The second-order valence-electron chi connectivity index (χ2n) is 8.14. The Morgan fingerprint density at radius 3 is 2.44 bits per heavy atom. The highest BCUT2D eigenvalue weighted by Crippen LogP contribution is 2.22. The van der Waals surface area contributed by atoms with Crippen LogP contribution in [0.1, 0.15) is 10.4 Å². The first-order valence-electron chi connectivity index (χ1n) is 11.2. The topological polar surface area (TPSA) is 78.2 Å². The average molecular weight is 436 g/mol. The van der Waals surface area contributed by atoms with Gasteiger partial charge in [0.15, 0.2) is 0 Å². The van der Waals surface area contributed by atoms with Crippen LogP contribution in [0, 0.1) is 0 Å². The molecule has 3 aromatic rings. The summed E-state index contributed by atoms with van der Waals surface area (Å²) < 4.78 is 7.49. The fourth-order valence-corrected chi connectivity index (χ4v) is 4.32. The number of fused-ring (bicyclic) bond motifs is 1. The minimum atomic E-state index is -0.0362. The number of hydrogen-bond donors (Lipinski definition) is 1. The number of anilines is 2. The third-order valence-corrected chi connectivity index (χ3v) is 6.15. The molecular formula is C23H29N7O2. The molecule has 32 heavy (non-hydrogen) atoms. The van der Waals surface area contributed by atoms with Crippen LogP contribution in [0.15, 0.2) is 48.9 Å². The van der Waals surface area contributed by atoms with E-state index in [0.29, 0.717) is 12.1 Å². The number of rotatable bonds is 6. The molecule has 2 saturated heterocycles. The number of carbonyl (C=O) groups is 1. The number of nitrogens with zero attached hydrogens (tertiary/aromatic N) is 6. The number of ether oxygens (including phenoxy) is 1. The normalized spacial score (nSPS) is 17.6. The lowest BCUT2D eigenvalue weighted by molar-refractivity contribution is 0.0383. The Bertz CT molecular complexity index is 1040. The van der Waals surface area contributed by atoms with Crippen molar-refractivity contribution < 1.29 is 9.53 Å². The van der Waals surface area contributed by atoms with Crippen molar-refractivity contribution in [3.63, 3.8) is 0 Å². The number of amides is 1. The predicted octanol–water partition coefficient (Wildman–Crippen LogP) is 1.12. The lowest BCUT2D eigenvalue weighted by Gasteiger charge is -2.35. The maximum Gasteiger partial charge on any atom is 0.252 e. The zero-order valence-corrected chi connectivity index (χ0v) is 18.2. The first kappa shape index (κ1) is 20.7. The van der Waals surface area contributed by atoms with E-state index in [0.717, 1.165) is 76.3 Å². The minimum absolute atomic E-state index is 0.0362. The van der Waals surface area contributed by atoms with Gasteiger partial charge in [-0.05, 0) is 30.3 Å². The van der Waals surface area contributed by atoms with E-state index in [9.17, 15) is 4.79 Å². The summed E-state index contributed by atoms with van der Waals surface area (Å²) in [5, 5.41) is 3.06. The standard InChI is InChI=1S/C23H29N7O2/c31-22(24-8-9-27-14-16-32-17-15-27)19-2-3-20-4-5-21(30(20)18-19)28-10-12-29(13-11-28)23-25-6-1-7-26-23/h1-7,18H,8-17H2,(H,24,31). The molecule has 0 aromatic carbocycles. The highest BCUT2D eigenvalue weighted by atomic mass is 16.5. The van der Waals surface area contributed by atoms with Gasteiger partial charge < -0.3 is 24.3 Å². The van der Waals surface area contributed by atoms with Gasteiger partial charge in [-0.25, -0.2) is 9.97 Å². The van der Waals surface area contributed by atoms with Gasteiger partial charge in [-0.1, -0.05) is 0 Å². The van der Waals surface area contributed by atoms with E-state index in [1.165, 1.54) is 0 Å². The summed E-state index contributed by atoms with van der Waals surface area (Å²) in [6, 6.07) is 9.97. The molecule has 5 heterocycles.